The number of rotatable bonds is 7. The Morgan fingerprint density at radius 1 is 0.846 bits per heavy atom. The molecule has 1 aliphatic heterocycles. The predicted octanol–water partition coefficient (Wildman–Crippen LogP) is 2.07. The first-order valence-electron chi connectivity index (χ1n) is 9.13. The Hall–Kier alpha value is -1.73. The summed E-state index contributed by atoms with van der Waals surface area (Å²) in [5, 5.41) is 0. The van der Waals surface area contributed by atoms with Gasteiger partial charge in [-0.3, -0.25) is 4.90 Å². The van der Waals surface area contributed by atoms with Crippen molar-refractivity contribution in [1.29, 1.82) is 0 Å². The highest BCUT2D eigenvalue weighted by Gasteiger charge is 2.30. The van der Waals surface area contributed by atoms with Crippen LogP contribution >= 0.6 is 0 Å². The Balaban J connectivity index is 1.76. The Kier molecular flexibility index (Phi) is 6.43. The van der Waals surface area contributed by atoms with Gasteiger partial charge >= 0.3 is 0 Å². The molecule has 2 aromatic carbocycles. The number of sulfonamides is 1. The molecule has 3 rings (SSSR count). The van der Waals surface area contributed by atoms with Crippen molar-refractivity contribution in [2.24, 2.45) is 5.73 Å². The molecule has 26 heavy (non-hydrogen) atoms. The van der Waals surface area contributed by atoms with Gasteiger partial charge in [0.15, 0.2) is 0 Å². The lowest BCUT2D eigenvalue weighted by atomic mass is 9.96. The minimum absolute atomic E-state index is 0.143. The topological polar surface area (TPSA) is 66.6 Å². The van der Waals surface area contributed by atoms with E-state index in [4.69, 9.17) is 5.73 Å². The third-order valence-corrected chi connectivity index (χ3v) is 6.83. The van der Waals surface area contributed by atoms with Crippen molar-refractivity contribution in [3.8, 4) is 0 Å². The molecule has 1 heterocycles. The molecular formula is C20H27N3O2S. The monoisotopic (exact) mass is 373 g/mol. The molecule has 0 amide bonds. The first-order chi connectivity index (χ1) is 12.6. The van der Waals surface area contributed by atoms with Gasteiger partial charge in [0.25, 0.3) is 0 Å². The van der Waals surface area contributed by atoms with Crippen LogP contribution in [0.3, 0.4) is 0 Å². The first kappa shape index (κ1) is 19.0. The smallest absolute Gasteiger partial charge is 0.214 e. The molecule has 0 aromatic heterocycles. The standard InChI is InChI=1S/C20H27N3O2S/c21-12-7-17-26(24,25)23-15-13-22(14-16-23)20(18-8-3-1-4-9-18)19-10-5-2-6-11-19/h1-6,8-11,20H,7,12-17,21H2. The largest absolute Gasteiger partial charge is 0.330 e. The Morgan fingerprint density at radius 2 is 1.35 bits per heavy atom. The number of nitrogens with two attached hydrogens (primary N) is 1. The summed E-state index contributed by atoms with van der Waals surface area (Å²) in [6, 6.07) is 21.0. The number of hydrogen-bond donors (Lipinski definition) is 1. The molecule has 140 valence electrons. The second kappa shape index (κ2) is 8.77. The molecule has 0 unspecified atom stereocenters. The maximum Gasteiger partial charge on any atom is 0.214 e. The second-order valence-corrected chi connectivity index (χ2v) is 8.71. The van der Waals surface area contributed by atoms with E-state index < -0.39 is 10.0 Å². The summed E-state index contributed by atoms with van der Waals surface area (Å²) in [4.78, 5) is 2.37. The van der Waals surface area contributed by atoms with Gasteiger partial charge in [-0.05, 0) is 24.1 Å². The van der Waals surface area contributed by atoms with Crippen molar-refractivity contribution in [3.63, 3.8) is 0 Å². The van der Waals surface area contributed by atoms with E-state index in [-0.39, 0.29) is 11.8 Å². The zero-order valence-corrected chi connectivity index (χ0v) is 15.8. The van der Waals surface area contributed by atoms with Crippen LogP contribution in [0, 0.1) is 0 Å². The molecule has 0 aliphatic carbocycles. The van der Waals surface area contributed by atoms with Gasteiger partial charge in [0.05, 0.1) is 11.8 Å². The van der Waals surface area contributed by atoms with Crippen LogP contribution in [-0.4, -0.2) is 56.1 Å². The van der Waals surface area contributed by atoms with Crippen molar-refractivity contribution in [2.75, 3.05) is 38.5 Å². The molecule has 6 heteroatoms. The lowest BCUT2D eigenvalue weighted by Gasteiger charge is -2.39. The van der Waals surface area contributed by atoms with Crippen LogP contribution in [0.15, 0.2) is 60.7 Å². The molecular weight excluding hydrogens is 346 g/mol. The maximum atomic E-state index is 12.4. The van der Waals surface area contributed by atoms with Gasteiger partial charge in [-0.1, -0.05) is 60.7 Å². The molecule has 1 saturated heterocycles. The van der Waals surface area contributed by atoms with E-state index in [0.29, 0.717) is 26.1 Å². The molecule has 0 radical (unpaired) electrons. The molecule has 0 spiro atoms. The highest BCUT2D eigenvalue weighted by Crippen LogP contribution is 2.29. The van der Waals surface area contributed by atoms with Gasteiger partial charge in [-0.2, -0.15) is 4.31 Å². The van der Waals surface area contributed by atoms with Gasteiger partial charge in [-0.25, -0.2) is 8.42 Å². The van der Waals surface area contributed by atoms with Crippen molar-refractivity contribution in [1.82, 2.24) is 9.21 Å². The molecule has 2 aromatic rings. The molecule has 2 N–H and O–H groups in total. The van der Waals surface area contributed by atoms with Crippen molar-refractivity contribution in [2.45, 2.75) is 12.5 Å². The summed E-state index contributed by atoms with van der Waals surface area (Å²) in [6.07, 6.45) is 0.513. The van der Waals surface area contributed by atoms with Crippen molar-refractivity contribution in [3.05, 3.63) is 71.8 Å². The molecule has 0 bridgehead atoms. The Labute approximate surface area is 156 Å². The van der Waals surface area contributed by atoms with E-state index in [1.807, 2.05) is 12.1 Å². The summed E-state index contributed by atoms with van der Waals surface area (Å²) < 4.78 is 26.4. The predicted molar refractivity (Wildman–Crippen MR) is 105 cm³/mol. The molecule has 1 aliphatic rings. The minimum Gasteiger partial charge on any atom is -0.330 e. The maximum absolute atomic E-state index is 12.4. The van der Waals surface area contributed by atoms with E-state index in [9.17, 15) is 8.42 Å². The highest BCUT2D eigenvalue weighted by molar-refractivity contribution is 7.89. The summed E-state index contributed by atoms with van der Waals surface area (Å²) in [5.74, 6) is 0.143. The number of hydrogen-bond acceptors (Lipinski definition) is 4. The average Bonchev–Trinajstić information content (AvgIpc) is 2.69. The van der Waals surface area contributed by atoms with Crippen LogP contribution in [0.5, 0.6) is 0 Å². The van der Waals surface area contributed by atoms with Crippen LogP contribution in [0.4, 0.5) is 0 Å². The molecule has 0 atom stereocenters. The molecule has 1 fully saturated rings. The summed E-state index contributed by atoms with van der Waals surface area (Å²) in [5.41, 5.74) is 7.93. The van der Waals surface area contributed by atoms with E-state index in [1.165, 1.54) is 11.1 Å². The zero-order valence-electron chi connectivity index (χ0n) is 15.0. The number of benzene rings is 2. The van der Waals surface area contributed by atoms with Crippen LogP contribution in [-0.2, 0) is 10.0 Å². The molecule has 5 nitrogen and oxygen atoms in total. The van der Waals surface area contributed by atoms with E-state index in [2.05, 4.69) is 53.4 Å². The van der Waals surface area contributed by atoms with Crippen LogP contribution in [0.1, 0.15) is 23.6 Å². The van der Waals surface area contributed by atoms with Gasteiger partial charge in [0.2, 0.25) is 10.0 Å². The average molecular weight is 374 g/mol. The van der Waals surface area contributed by atoms with Gasteiger partial charge < -0.3 is 5.73 Å². The van der Waals surface area contributed by atoms with Crippen molar-refractivity contribution < 1.29 is 8.42 Å². The fourth-order valence-corrected chi connectivity index (χ4v) is 5.03. The molecule has 0 saturated carbocycles. The van der Waals surface area contributed by atoms with E-state index >= 15 is 0 Å². The van der Waals surface area contributed by atoms with E-state index in [1.54, 1.807) is 4.31 Å². The Morgan fingerprint density at radius 3 is 1.81 bits per heavy atom. The Bertz CT molecular complexity index is 734. The van der Waals surface area contributed by atoms with Crippen LogP contribution < -0.4 is 5.73 Å². The van der Waals surface area contributed by atoms with Crippen LogP contribution in [0.2, 0.25) is 0 Å². The van der Waals surface area contributed by atoms with Gasteiger partial charge in [0, 0.05) is 26.2 Å². The minimum atomic E-state index is -3.20. The third-order valence-electron chi connectivity index (χ3n) is 4.87. The van der Waals surface area contributed by atoms with E-state index in [0.717, 1.165) is 13.1 Å². The van der Waals surface area contributed by atoms with Gasteiger partial charge in [0.1, 0.15) is 0 Å². The summed E-state index contributed by atoms with van der Waals surface area (Å²) in [6.45, 7) is 2.90. The summed E-state index contributed by atoms with van der Waals surface area (Å²) in [7, 11) is -3.20. The number of piperazine rings is 1. The fourth-order valence-electron chi connectivity index (χ4n) is 3.52. The second-order valence-electron chi connectivity index (χ2n) is 6.62. The lowest BCUT2D eigenvalue weighted by molar-refractivity contribution is 0.156. The highest BCUT2D eigenvalue weighted by atomic mass is 32.2. The SMILES string of the molecule is NCCCS(=O)(=O)N1CCN(C(c2ccccc2)c2ccccc2)CC1. The van der Waals surface area contributed by atoms with Crippen LogP contribution in [0.25, 0.3) is 0 Å². The summed E-state index contributed by atoms with van der Waals surface area (Å²) >= 11 is 0. The van der Waals surface area contributed by atoms with Gasteiger partial charge in [-0.15, -0.1) is 0 Å². The quantitative estimate of drug-likeness (QED) is 0.807. The number of nitrogens with zero attached hydrogens (tertiary/aromatic N) is 2. The zero-order chi connectivity index (χ0) is 18.4. The normalized spacial score (nSPS) is 16.8. The third kappa shape index (κ3) is 4.51. The fraction of sp³-hybridized carbons (Fsp3) is 0.400. The first-order valence-corrected chi connectivity index (χ1v) is 10.7. The van der Waals surface area contributed by atoms with Crippen molar-refractivity contribution >= 4 is 10.0 Å². The lowest BCUT2D eigenvalue weighted by Crippen LogP contribution is -2.50.